The van der Waals surface area contributed by atoms with Gasteiger partial charge >= 0.3 is 0 Å². The molecule has 15 heavy (non-hydrogen) atoms. The topological polar surface area (TPSA) is 74.0 Å². The molecule has 0 aromatic carbocycles. The maximum absolute atomic E-state index is 11.4. The number of H-pyrrole nitrogens is 1. The Kier molecular flexibility index (Phi) is 2.82. The molecule has 0 bridgehead atoms. The molecule has 1 aliphatic rings. The molecule has 5 nitrogen and oxygen atoms in total. The summed E-state index contributed by atoms with van der Waals surface area (Å²) < 4.78 is 0. The van der Waals surface area contributed by atoms with E-state index in [0.717, 1.165) is 5.69 Å². The van der Waals surface area contributed by atoms with E-state index < -0.39 is 0 Å². The van der Waals surface area contributed by atoms with Gasteiger partial charge in [0.2, 0.25) is 11.8 Å². The van der Waals surface area contributed by atoms with Gasteiger partial charge < -0.3 is 10.3 Å². The van der Waals surface area contributed by atoms with Crippen LogP contribution >= 0.6 is 0 Å². The molecular weight excluding hydrogens is 194 g/mol. The van der Waals surface area contributed by atoms with E-state index in [-0.39, 0.29) is 17.9 Å². The smallest absolute Gasteiger partial charge is 0.243 e. The number of hydrogen-bond donors (Lipinski definition) is 3. The normalized spacial score (nSPS) is 21.5. The second kappa shape index (κ2) is 4.27. The van der Waals surface area contributed by atoms with Crippen molar-refractivity contribution in [3.63, 3.8) is 0 Å². The zero-order valence-electron chi connectivity index (χ0n) is 8.25. The maximum Gasteiger partial charge on any atom is 0.243 e. The number of imide groups is 1. The Balaban J connectivity index is 1.85. The summed E-state index contributed by atoms with van der Waals surface area (Å²) in [6, 6.07) is 3.59. The van der Waals surface area contributed by atoms with Crippen molar-refractivity contribution >= 4 is 11.8 Å². The summed E-state index contributed by atoms with van der Waals surface area (Å²) in [5.41, 5.74) is 1.03. The minimum atomic E-state index is -0.258. The van der Waals surface area contributed by atoms with Crippen LogP contribution in [0.3, 0.4) is 0 Å². The number of nitrogens with one attached hydrogen (secondary N) is 3. The molecule has 5 heteroatoms. The minimum Gasteiger partial charge on any atom is -0.364 e. The maximum atomic E-state index is 11.4. The second-order valence-electron chi connectivity index (χ2n) is 3.58. The standard InChI is InChI=1S/C10H13N3O2/c14-9-4-3-8(10(15)13-9)12-6-7-2-1-5-11-7/h1-2,5,8,11-12H,3-4,6H2,(H,13,14,15). The number of carbonyl (C=O) groups is 2. The monoisotopic (exact) mass is 207 g/mol. The van der Waals surface area contributed by atoms with Gasteiger partial charge in [-0.15, -0.1) is 0 Å². The SMILES string of the molecule is O=C1CCC(NCc2ccc[nH]2)C(=O)N1. The third-order valence-corrected chi connectivity index (χ3v) is 2.44. The van der Waals surface area contributed by atoms with E-state index in [4.69, 9.17) is 0 Å². The molecule has 2 rings (SSSR count). The quantitative estimate of drug-likeness (QED) is 0.606. The molecule has 3 N–H and O–H groups in total. The number of rotatable bonds is 3. The van der Waals surface area contributed by atoms with Gasteiger partial charge in [0.15, 0.2) is 0 Å². The molecule has 1 fully saturated rings. The van der Waals surface area contributed by atoms with Crippen LogP contribution in [-0.2, 0) is 16.1 Å². The van der Waals surface area contributed by atoms with Crippen molar-refractivity contribution in [3.05, 3.63) is 24.0 Å². The molecule has 0 spiro atoms. The zero-order chi connectivity index (χ0) is 10.7. The van der Waals surface area contributed by atoms with Crippen LogP contribution in [0.1, 0.15) is 18.5 Å². The van der Waals surface area contributed by atoms with Crippen LogP contribution in [0, 0.1) is 0 Å². The molecule has 2 amide bonds. The number of hydrogen-bond acceptors (Lipinski definition) is 3. The first-order chi connectivity index (χ1) is 7.25. The third kappa shape index (κ3) is 2.44. The summed E-state index contributed by atoms with van der Waals surface area (Å²) >= 11 is 0. The predicted molar refractivity (Wildman–Crippen MR) is 53.8 cm³/mol. The van der Waals surface area contributed by atoms with Crippen molar-refractivity contribution in [2.75, 3.05) is 0 Å². The Morgan fingerprint density at radius 2 is 2.33 bits per heavy atom. The summed E-state index contributed by atoms with van der Waals surface area (Å²) in [5, 5.41) is 5.41. The highest BCUT2D eigenvalue weighted by Gasteiger charge is 2.25. The minimum absolute atomic E-state index is 0.182. The van der Waals surface area contributed by atoms with E-state index in [1.165, 1.54) is 0 Å². The fourth-order valence-corrected chi connectivity index (χ4v) is 1.60. The molecule has 1 saturated heterocycles. The number of piperidine rings is 1. The first-order valence-corrected chi connectivity index (χ1v) is 4.95. The second-order valence-corrected chi connectivity index (χ2v) is 3.58. The van der Waals surface area contributed by atoms with E-state index in [1.54, 1.807) is 0 Å². The molecule has 2 heterocycles. The largest absolute Gasteiger partial charge is 0.364 e. The molecule has 1 aromatic heterocycles. The molecule has 0 aliphatic carbocycles. The number of amides is 2. The van der Waals surface area contributed by atoms with Crippen molar-refractivity contribution < 1.29 is 9.59 Å². The van der Waals surface area contributed by atoms with Gasteiger partial charge in [-0.3, -0.25) is 14.9 Å². The molecule has 1 aromatic rings. The van der Waals surface area contributed by atoms with Crippen LogP contribution in [0.25, 0.3) is 0 Å². The highest BCUT2D eigenvalue weighted by Crippen LogP contribution is 2.05. The summed E-state index contributed by atoms with van der Waals surface area (Å²) in [5.74, 6) is -0.407. The fraction of sp³-hybridized carbons (Fsp3) is 0.400. The molecule has 0 radical (unpaired) electrons. The van der Waals surface area contributed by atoms with Crippen molar-refractivity contribution in [2.45, 2.75) is 25.4 Å². The number of aromatic nitrogens is 1. The molecule has 1 unspecified atom stereocenters. The van der Waals surface area contributed by atoms with E-state index in [1.807, 2.05) is 18.3 Å². The van der Waals surface area contributed by atoms with Gasteiger partial charge in [-0.25, -0.2) is 0 Å². The average Bonchev–Trinajstić information content (AvgIpc) is 2.69. The zero-order valence-corrected chi connectivity index (χ0v) is 8.25. The lowest BCUT2D eigenvalue weighted by Gasteiger charge is -2.21. The first kappa shape index (κ1) is 9.92. The summed E-state index contributed by atoms with van der Waals surface area (Å²) in [6.07, 6.45) is 2.82. The van der Waals surface area contributed by atoms with E-state index >= 15 is 0 Å². The van der Waals surface area contributed by atoms with Gasteiger partial charge in [-0.2, -0.15) is 0 Å². The fourth-order valence-electron chi connectivity index (χ4n) is 1.60. The Morgan fingerprint density at radius 3 is 3.00 bits per heavy atom. The summed E-state index contributed by atoms with van der Waals surface area (Å²) in [6.45, 7) is 0.610. The van der Waals surface area contributed by atoms with E-state index in [9.17, 15) is 9.59 Å². The van der Waals surface area contributed by atoms with Crippen molar-refractivity contribution in [1.29, 1.82) is 0 Å². The number of carbonyl (C=O) groups excluding carboxylic acids is 2. The lowest BCUT2D eigenvalue weighted by Crippen LogP contribution is -2.50. The van der Waals surface area contributed by atoms with Crippen LogP contribution in [0.5, 0.6) is 0 Å². The van der Waals surface area contributed by atoms with E-state index in [2.05, 4.69) is 15.6 Å². The molecule has 80 valence electrons. The lowest BCUT2D eigenvalue weighted by atomic mass is 10.1. The molecule has 1 atom stereocenters. The first-order valence-electron chi connectivity index (χ1n) is 4.95. The van der Waals surface area contributed by atoms with Gasteiger partial charge in [0.05, 0.1) is 6.04 Å². The Bertz CT molecular complexity index is 359. The molecular formula is C10H13N3O2. The van der Waals surface area contributed by atoms with Gasteiger partial charge in [0, 0.05) is 24.9 Å². The van der Waals surface area contributed by atoms with Crippen LogP contribution in [-0.4, -0.2) is 22.8 Å². The van der Waals surface area contributed by atoms with E-state index in [0.29, 0.717) is 19.4 Å². The van der Waals surface area contributed by atoms with Gasteiger partial charge in [0.1, 0.15) is 0 Å². The Hall–Kier alpha value is -1.62. The van der Waals surface area contributed by atoms with Gasteiger partial charge in [-0.05, 0) is 18.6 Å². The molecule has 0 saturated carbocycles. The van der Waals surface area contributed by atoms with Crippen LogP contribution in [0.4, 0.5) is 0 Å². The van der Waals surface area contributed by atoms with Crippen molar-refractivity contribution in [2.24, 2.45) is 0 Å². The summed E-state index contributed by atoms with van der Waals surface area (Å²) in [4.78, 5) is 25.3. The van der Waals surface area contributed by atoms with Gasteiger partial charge in [-0.1, -0.05) is 0 Å². The van der Waals surface area contributed by atoms with Gasteiger partial charge in [0.25, 0.3) is 0 Å². The summed E-state index contributed by atoms with van der Waals surface area (Å²) in [7, 11) is 0. The molecule has 1 aliphatic heterocycles. The van der Waals surface area contributed by atoms with Crippen LogP contribution in [0.2, 0.25) is 0 Å². The lowest BCUT2D eigenvalue weighted by molar-refractivity contribution is -0.134. The van der Waals surface area contributed by atoms with Crippen molar-refractivity contribution in [1.82, 2.24) is 15.6 Å². The van der Waals surface area contributed by atoms with Crippen LogP contribution in [0.15, 0.2) is 18.3 Å². The highest BCUT2D eigenvalue weighted by atomic mass is 16.2. The Morgan fingerprint density at radius 1 is 1.47 bits per heavy atom. The average molecular weight is 207 g/mol. The predicted octanol–water partition coefficient (Wildman–Crippen LogP) is -0.0905. The van der Waals surface area contributed by atoms with Crippen molar-refractivity contribution in [3.8, 4) is 0 Å². The third-order valence-electron chi connectivity index (χ3n) is 2.44. The Labute approximate surface area is 87.2 Å². The number of aromatic amines is 1. The van der Waals surface area contributed by atoms with Crippen LogP contribution < -0.4 is 10.6 Å². The highest BCUT2D eigenvalue weighted by molar-refractivity contribution is 6.00.